The van der Waals surface area contributed by atoms with Crippen molar-refractivity contribution in [1.82, 2.24) is 5.32 Å². The molecule has 0 spiro atoms. The first-order chi connectivity index (χ1) is 9.25. The molecule has 1 aliphatic heterocycles. The number of thiophene rings is 1. The molecule has 0 unspecified atom stereocenters. The van der Waals surface area contributed by atoms with E-state index in [1.807, 2.05) is 6.92 Å². The van der Waals surface area contributed by atoms with Crippen LogP contribution in [0.1, 0.15) is 29.5 Å². The van der Waals surface area contributed by atoms with Crippen molar-refractivity contribution in [1.29, 1.82) is 0 Å². The number of piperidine rings is 1. The molecule has 0 aliphatic carbocycles. The SMILES string of the molecule is CC(=NOCCOC1CCNCC1)c1ccc(C)s1. The minimum atomic E-state index is 0.384. The molecule has 106 valence electrons. The molecular weight excluding hydrogens is 260 g/mol. The second-order valence-corrected chi connectivity index (χ2v) is 6.03. The third-order valence-corrected chi connectivity index (χ3v) is 4.22. The van der Waals surface area contributed by atoms with Crippen LogP contribution in [0.5, 0.6) is 0 Å². The van der Waals surface area contributed by atoms with Crippen LogP contribution < -0.4 is 5.32 Å². The number of rotatable bonds is 6. The average molecular weight is 282 g/mol. The number of aryl methyl sites for hydroxylation is 1. The largest absolute Gasteiger partial charge is 0.393 e. The highest BCUT2D eigenvalue weighted by atomic mass is 32.1. The van der Waals surface area contributed by atoms with E-state index < -0.39 is 0 Å². The van der Waals surface area contributed by atoms with Crippen LogP contribution in [-0.2, 0) is 9.57 Å². The van der Waals surface area contributed by atoms with Crippen LogP contribution in [0.15, 0.2) is 17.3 Å². The molecule has 0 amide bonds. The van der Waals surface area contributed by atoms with Crippen LogP contribution in [0.25, 0.3) is 0 Å². The molecule has 2 rings (SSSR count). The van der Waals surface area contributed by atoms with Gasteiger partial charge in [-0.25, -0.2) is 0 Å². The lowest BCUT2D eigenvalue weighted by Crippen LogP contribution is -2.33. The van der Waals surface area contributed by atoms with Crippen LogP contribution in [0.2, 0.25) is 0 Å². The van der Waals surface area contributed by atoms with Gasteiger partial charge in [0.25, 0.3) is 0 Å². The van der Waals surface area contributed by atoms with E-state index in [4.69, 9.17) is 9.57 Å². The molecule has 1 N–H and O–H groups in total. The van der Waals surface area contributed by atoms with Gasteiger partial charge in [-0.1, -0.05) is 5.16 Å². The molecule has 4 nitrogen and oxygen atoms in total. The Balaban J connectivity index is 1.62. The highest BCUT2D eigenvalue weighted by molar-refractivity contribution is 7.14. The van der Waals surface area contributed by atoms with Crippen molar-refractivity contribution >= 4 is 17.0 Å². The lowest BCUT2D eigenvalue weighted by molar-refractivity contribution is -0.00604. The molecular formula is C14H22N2O2S. The van der Waals surface area contributed by atoms with E-state index in [2.05, 4.69) is 29.5 Å². The van der Waals surface area contributed by atoms with Crippen LogP contribution in [0.3, 0.4) is 0 Å². The normalized spacial score (nSPS) is 17.7. The van der Waals surface area contributed by atoms with E-state index in [1.165, 1.54) is 4.88 Å². The Morgan fingerprint density at radius 2 is 2.16 bits per heavy atom. The van der Waals surface area contributed by atoms with Gasteiger partial charge in [0.2, 0.25) is 0 Å². The third kappa shape index (κ3) is 4.93. The average Bonchev–Trinajstić information content (AvgIpc) is 2.86. The molecule has 0 aromatic carbocycles. The molecule has 19 heavy (non-hydrogen) atoms. The van der Waals surface area contributed by atoms with E-state index in [-0.39, 0.29) is 0 Å². The molecule has 1 saturated heterocycles. The van der Waals surface area contributed by atoms with Gasteiger partial charge in [0, 0.05) is 4.88 Å². The van der Waals surface area contributed by atoms with E-state index in [0.717, 1.165) is 36.5 Å². The first-order valence-electron chi connectivity index (χ1n) is 6.81. The summed E-state index contributed by atoms with van der Waals surface area (Å²) in [6, 6.07) is 4.17. The second kappa shape index (κ2) is 7.62. The van der Waals surface area contributed by atoms with Gasteiger partial charge in [0.1, 0.15) is 6.61 Å². The Morgan fingerprint density at radius 1 is 1.37 bits per heavy atom. The van der Waals surface area contributed by atoms with Crippen molar-refractivity contribution in [2.45, 2.75) is 32.8 Å². The molecule has 0 atom stereocenters. The van der Waals surface area contributed by atoms with Crippen LogP contribution in [0.4, 0.5) is 0 Å². The molecule has 0 saturated carbocycles. The fraction of sp³-hybridized carbons (Fsp3) is 0.643. The van der Waals surface area contributed by atoms with Crippen LogP contribution in [0, 0.1) is 6.92 Å². The van der Waals surface area contributed by atoms with Crippen molar-refractivity contribution < 1.29 is 9.57 Å². The molecule has 5 heteroatoms. The summed E-state index contributed by atoms with van der Waals surface area (Å²) in [7, 11) is 0. The van der Waals surface area contributed by atoms with Gasteiger partial charge < -0.3 is 14.9 Å². The van der Waals surface area contributed by atoms with Crippen molar-refractivity contribution in [3.63, 3.8) is 0 Å². The number of nitrogens with one attached hydrogen (secondary N) is 1. The van der Waals surface area contributed by atoms with Gasteiger partial charge >= 0.3 is 0 Å². The van der Waals surface area contributed by atoms with Gasteiger partial charge in [-0.3, -0.25) is 0 Å². The zero-order valence-electron chi connectivity index (χ0n) is 11.6. The molecule has 1 aromatic rings. The van der Waals surface area contributed by atoms with Crippen LogP contribution >= 0.6 is 11.3 Å². The van der Waals surface area contributed by atoms with Gasteiger partial charge in [-0.15, -0.1) is 11.3 Å². The maximum Gasteiger partial charge on any atom is 0.140 e. The van der Waals surface area contributed by atoms with Crippen molar-refractivity contribution in [3.8, 4) is 0 Å². The number of ether oxygens (including phenoxy) is 1. The summed E-state index contributed by atoms with van der Waals surface area (Å²) < 4.78 is 5.74. The quantitative estimate of drug-likeness (QED) is 0.495. The summed E-state index contributed by atoms with van der Waals surface area (Å²) in [6.45, 7) is 7.31. The van der Waals surface area contributed by atoms with E-state index in [0.29, 0.717) is 19.3 Å². The number of hydrogen-bond acceptors (Lipinski definition) is 5. The summed E-state index contributed by atoms with van der Waals surface area (Å²) in [5, 5.41) is 7.44. The smallest absolute Gasteiger partial charge is 0.140 e. The number of oxime groups is 1. The molecule has 2 heterocycles. The van der Waals surface area contributed by atoms with Crippen molar-refractivity contribution in [3.05, 3.63) is 21.9 Å². The summed E-state index contributed by atoms with van der Waals surface area (Å²) >= 11 is 1.73. The first kappa shape index (κ1) is 14.5. The monoisotopic (exact) mass is 282 g/mol. The van der Waals surface area contributed by atoms with E-state index in [1.54, 1.807) is 11.3 Å². The van der Waals surface area contributed by atoms with Gasteiger partial charge in [0.15, 0.2) is 0 Å². The van der Waals surface area contributed by atoms with Gasteiger partial charge in [0.05, 0.1) is 23.3 Å². The summed E-state index contributed by atoms with van der Waals surface area (Å²) in [6.07, 6.45) is 2.57. The predicted molar refractivity (Wildman–Crippen MR) is 79.1 cm³/mol. The predicted octanol–water partition coefficient (Wildman–Crippen LogP) is 2.57. The van der Waals surface area contributed by atoms with Crippen molar-refractivity contribution in [2.75, 3.05) is 26.3 Å². The zero-order valence-corrected chi connectivity index (χ0v) is 12.5. The number of hydrogen-bond donors (Lipinski definition) is 1. The Kier molecular flexibility index (Phi) is 5.82. The maximum absolute atomic E-state index is 5.74. The Hall–Kier alpha value is -0.910. The van der Waals surface area contributed by atoms with Crippen molar-refractivity contribution in [2.24, 2.45) is 5.16 Å². The topological polar surface area (TPSA) is 42.9 Å². The standard InChI is InChI=1S/C14H22N2O2S/c1-11-3-4-14(19-11)12(2)16-18-10-9-17-13-5-7-15-8-6-13/h3-4,13,15H,5-10H2,1-2H3. The van der Waals surface area contributed by atoms with Gasteiger partial charge in [-0.2, -0.15) is 0 Å². The highest BCUT2D eigenvalue weighted by Gasteiger charge is 2.12. The highest BCUT2D eigenvalue weighted by Crippen LogP contribution is 2.16. The van der Waals surface area contributed by atoms with E-state index in [9.17, 15) is 0 Å². The lowest BCUT2D eigenvalue weighted by Gasteiger charge is -2.22. The minimum absolute atomic E-state index is 0.384. The maximum atomic E-state index is 5.74. The summed E-state index contributed by atoms with van der Waals surface area (Å²) in [5.74, 6) is 0. The number of nitrogens with zero attached hydrogens (tertiary/aromatic N) is 1. The van der Waals surface area contributed by atoms with Gasteiger partial charge in [-0.05, 0) is 51.9 Å². The van der Waals surface area contributed by atoms with E-state index >= 15 is 0 Å². The summed E-state index contributed by atoms with van der Waals surface area (Å²) in [5.41, 5.74) is 0.931. The molecule has 0 radical (unpaired) electrons. The zero-order chi connectivity index (χ0) is 13.5. The fourth-order valence-corrected chi connectivity index (χ4v) is 2.83. The fourth-order valence-electron chi connectivity index (χ4n) is 2.03. The Labute approximate surface area is 118 Å². The third-order valence-electron chi connectivity index (χ3n) is 3.11. The molecule has 1 aromatic heterocycles. The molecule has 1 fully saturated rings. The first-order valence-corrected chi connectivity index (χ1v) is 7.63. The lowest BCUT2D eigenvalue weighted by atomic mass is 10.1. The Bertz CT molecular complexity index is 411. The molecule has 1 aliphatic rings. The second-order valence-electron chi connectivity index (χ2n) is 4.74. The summed E-state index contributed by atoms with van der Waals surface area (Å²) in [4.78, 5) is 7.76. The minimum Gasteiger partial charge on any atom is -0.393 e. The molecule has 0 bridgehead atoms. The van der Waals surface area contributed by atoms with Crippen LogP contribution in [-0.4, -0.2) is 38.1 Å². The Morgan fingerprint density at radius 3 is 2.84 bits per heavy atom.